The van der Waals surface area contributed by atoms with Crippen molar-refractivity contribution in [2.24, 2.45) is 0 Å². The maximum Gasteiger partial charge on any atom is 0.130 e. The lowest BCUT2D eigenvalue weighted by atomic mass is 10.0. The fourth-order valence-corrected chi connectivity index (χ4v) is 1.63. The fourth-order valence-electron chi connectivity index (χ4n) is 1.63. The molecule has 2 rings (SSSR count). The Balaban J connectivity index is 2.58. The second-order valence-electron chi connectivity index (χ2n) is 3.48. The molecule has 0 aliphatic carbocycles. The van der Waals surface area contributed by atoms with Crippen LogP contribution < -0.4 is 10.5 Å². The first-order chi connectivity index (χ1) is 7.72. The molecule has 0 spiro atoms. The first-order valence-corrected chi connectivity index (χ1v) is 4.94. The summed E-state index contributed by atoms with van der Waals surface area (Å²) in [6.07, 6.45) is 0. The van der Waals surface area contributed by atoms with Crippen LogP contribution in [0.1, 0.15) is 0 Å². The van der Waals surface area contributed by atoms with E-state index in [0.29, 0.717) is 17.0 Å². The van der Waals surface area contributed by atoms with E-state index in [2.05, 4.69) is 0 Å². The van der Waals surface area contributed by atoms with Crippen molar-refractivity contribution < 1.29 is 9.84 Å². The summed E-state index contributed by atoms with van der Waals surface area (Å²) in [5, 5.41) is 9.83. The van der Waals surface area contributed by atoms with Gasteiger partial charge in [0.15, 0.2) is 0 Å². The molecule has 3 heteroatoms. The Labute approximate surface area is 94.1 Å². The number of anilines is 1. The van der Waals surface area contributed by atoms with Crippen LogP contribution in [0.15, 0.2) is 42.5 Å². The van der Waals surface area contributed by atoms with Gasteiger partial charge in [-0.2, -0.15) is 0 Å². The molecule has 0 saturated heterocycles. The summed E-state index contributed by atoms with van der Waals surface area (Å²) in [5.74, 6) is 0.842. The molecule has 2 aromatic rings. The first kappa shape index (κ1) is 10.4. The Kier molecular flexibility index (Phi) is 2.68. The minimum absolute atomic E-state index is 0.198. The van der Waals surface area contributed by atoms with E-state index in [-0.39, 0.29) is 5.75 Å². The highest BCUT2D eigenvalue weighted by Gasteiger charge is 2.10. The van der Waals surface area contributed by atoms with Gasteiger partial charge in [0.1, 0.15) is 11.5 Å². The SMILES string of the molecule is COc1cccc(O)c1-c1ccc(N)cc1. The van der Waals surface area contributed by atoms with Gasteiger partial charge in [-0.15, -0.1) is 0 Å². The summed E-state index contributed by atoms with van der Waals surface area (Å²) >= 11 is 0. The number of methoxy groups -OCH3 is 1. The predicted octanol–water partition coefficient (Wildman–Crippen LogP) is 2.65. The van der Waals surface area contributed by atoms with Gasteiger partial charge in [-0.25, -0.2) is 0 Å². The number of nitrogen functional groups attached to an aromatic ring is 1. The molecule has 0 saturated carbocycles. The molecule has 0 unspecified atom stereocenters. The highest BCUT2D eigenvalue weighted by Crippen LogP contribution is 2.37. The third kappa shape index (κ3) is 1.80. The highest BCUT2D eigenvalue weighted by molar-refractivity contribution is 5.77. The zero-order valence-electron chi connectivity index (χ0n) is 8.97. The molecule has 0 bridgehead atoms. The molecule has 0 atom stereocenters. The van der Waals surface area contributed by atoms with E-state index in [1.54, 1.807) is 31.4 Å². The average molecular weight is 215 g/mol. The van der Waals surface area contributed by atoms with Gasteiger partial charge in [-0.05, 0) is 29.8 Å². The molecule has 0 aliphatic heterocycles. The second kappa shape index (κ2) is 4.14. The average Bonchev–Trinajstić information content (AvgIpc) is 2.30. The van der Waals surface area contributed by atoms with Crippen LogP contribution >= 0.6 is 0 Å². The second-order valence-corrected chi connectivity index (χ2v) is 3.48. The molecule has 16 heavy (non-hydrogen) atoms. The van der Waals surface area contributed by atoms with Crippen LogP contribution in [0, 0.1) is 0 Å². The fraction of sp³-hybridized carbons (Fsp3) is 0.0769. The van der Waals surface area contributed by atoms with Gasteiger partial charge >= 0.3 is 0 Å². The van der Waals surface area contributed by atoms with Crippen LogP contribution in [0.3, 0.4) is 0 Å². The zero-order chi connectivity index (χ0) is 11.5. The van der Waals surface area contributed by atoms with Gasteiger partial charge in [-0.3, -0.25) is 0 Å². The molecule has 2 aromatic carbocycles. The number of rotatable bonds is 2. The molecule has 0 amide bonds. The third-order valence-electron chi connectivity index (χ3n) is 2.42. The summed E-state index contributed by atoms with van der Waals surface area (Å²) in [6, 6.07) is 12.5. The predicted molar refractivity (Wildman–Crippen MR) is 64.5 cm³/mol. The number of nitrogens with two attached hydrogens (primary N) is 1. The summed E-state index contributed by atoms with van der Waals surface area (Å²) in [7, 11) is 1.58. The standard InChI is InChI=1S/C13H13NO2/c1-16-12-4-2-3-11(15)13(12)9-5-7-10(14)8-6-9/h2-8,15H,14H2,1H3. The van der Waals surface area contributed by atoms with Crippen molar-refractivity contribution in [1.29, 1.82) is 0 Å². The van der Waals surface area contributed by atoms with E-state index in [9.17, 15) is 5.11 Å². The van der Waals surface area contributed by atoms with Crippen molar-refractivity contribution >= 4 is 5.69 Å². The van der Waals surface area contributed by atoms with Gasteiger partial charge in [0, 0.05) is 5.69 Å². The number of phenols is 1. The van der Waals surface area contributed by atoms with Crippen molar-refractivity contribution in [2.75, 3.05) is 12.8 Å². The quantitative estimate of drug-likeness (QED) is 0.757. The maximum absolute atomic E-state index is 9.83. The summed E-state index contributed by atoms with van der Waals surface area (Å²) in [6.45, 7) is 0. The van der Waals surface area contributed by atoms with Crippen LogP contribution in [0.25, 0.3) is 11.1 Å². The summed E-state index contributed by atoms with van der Waals surface area (Å²) < 4.78 is 5.22. The van der Waals surface area contributed by atoms with Crippen LogP contribution in [-0.4, -0.2) is 12.2 Å². The lowest BCUT2D eigenvalue weighted by Gasteiger charge is -2.10. The smallest absolute Gasteiger partial charge is 0.130 e. The Hall–Kier alpha value is -2.16. The van der Waals surface area contributed by atoms with Crippen molar-refractivity contribution in [2.45, 2.75) is 0 Å². The number of ether oxygens (including phenoxy) is 1. The van der Waals surface area contributed by atoms with E-state index in [0.717, 1.165) is 5.56 Å². The normalized spacial score (nSPS) is 10.1. The van der Waals surface area contributed by atoms with E-state index in [1.165, 1.54) is 0 Å². The number of aromatic hydroxyl groups is 1. The molecule has 0 aromatic heterocycles. The first-order valence-electron chi connectivity index (χ1n) is 4.94. The minimum atomic E-state index is 0.198. The van der Waals surface area contributed by atoms with E-state index in [4.69, 9.17) is 10.5 Å². The molecular weight excluding hydrogens is 202 g/mol. The molecule has 0 fully saturated rings. The van der Waals surface area contributed by atoms with Crippen molar-refractivity contribution in [3.8, 4) is 22.6 Å². The topological polar surface area (TPSA) is 55.5 Å². The van der Waals surface area contributed by atoms with E-state index >= 15 is 0 Å². The van der Waals surface area contributed by atoms with Crippen LogP contribution in [-0.2, 0) is 0 Å². The van der Waals surface area contributed by atoms with E-state index in [1.807, 2.05) is 18.2 Å². The molecule has 0 heterocycles. The number of benzene rings is 2. The summed E-state index contributed by atoms with van der Waals surface area (Å²) in [5.41, 5.74) is 7.88. The lowest BCUT2D eigenvalue weighted by molar-refractivity contribution is 0.410. The van der Waals surface area contributed by atoms with Crippen molar-refractivity contribution in [3.63, 3.8) is 0 Å². The molecule has 82 valence electrons. The highest BCUT2D eigenvalue weighted by atomic mass is 16.5. The van der Waals surface area contributed by atoms with Gasteiger partial charge in [0.05, 0.1) is 12.7 Å². The van der Waals surface area contributed by atoms with Crippen molar-refractivity contribution in [1.82, 2.24) is 0 Å². The molecular formula is C13H13NO2. The third-order valence-corrected chi connectivity index (χ3v) is 2.42. The Bertz CT molecular complexity index is 492. The van der Waals surface area contributed by atoms with Crippen LogP contribution in [0.2, 0.25) is 0 Å². The molecule has 0 radical (unpaired) electrons. The number of phenolic OH excluding ortho intramolecular Hbond substituents is 1. The maximum atomic E-state index is 9.83. The van der Waals surface area contributed by atoms with Gasteiger partial charge in [0.2, 0.25) is 0 Å². The molecule has 3 N–H and O–H groups in total. The largest absolute Gasteiger partial charge is 0.507 e. The molecule has 0 aliphatic rings. The monoisotopic (exact) mass is 215 g/mol. The van der Waals surface area contributed by atoms with Gasteiger partial charge in [-0.1, -0.05) is 18.2 Å². The number of hydrogen-bond donors (Lipinski definition) is 2. The Morgan fingerprint density at radius 3 is 2.38 bits per heavy atom. The Morgan fingerprint density at radius 2 is 1.75 bits per heavy atom. The molecule has 3 nitrogen and oxygen atoms in total. The van der Waals surface area contributed by atoms with Gasteiger partial charge in [0.25, 0.3) is 0 Å². The number of hydrogen-bond acceptors (Lipinski definition) is 3. The summed E-state index contributed by atoms with van der Waals surface area (Å²) in [4.78, 5) is 0. The van der Waals surface area contributed by atoms with Gasteiger partial charge < -0.3 is 15.6 Å². The lowest BCUT2D eigenvalue weighted by Crippen LogP contribution is -1.89. The zero-order valence-corrected chi connectivity index (χ0v) is 8.97. The van der Waals surface area contributed by atoms with E-state index < -0.39 is 0 Å². The van der Waals surface area contributed by atoms with Crippen LogP contribution in [0.4, 0.5) is 5.69 Å². The van der Waals surface area contributed by atoms with Crippen LogP contribution in [0.5, 0.6) is 11.5 Å². The van der Waals surface area contributed by atoms with Crippen molar-refractivity contribution in [3.05, 3.63) is 42.5 Å². The Morgan fingerprint density at radius 1 is 1.06 bits per heavy atom. The minimum Gasteiger partial charge on any atom is -0.507 e.